The summed E-state index contributed by atoms with van der Waals surface area (Å²) in [5, 5.41) is 4.52. The van der Waals surface area contributed by atoms with Crippen LogP contribution in [0.5, 0.6) is 0 Å². The summed E-state index contributed by atoms with van der Waals surface area (Å²) < 4.78 is 1.24. The minimum atomic E-state index is 0.991. The average Bonchev–Trinajstić information content (AvgIpc) is 2.90. The summed E-state index contributed by atoms with van der Waals surface area (Å²) in [4.78, 5) is 4.66. The summed E-state index contributed by atoms with van der Waals surface area (Å²) in [6, 6.07) is 14.9. The Morgan fingerprint density at radius 2 is 1.85 bits per heavy atom. The number of nitrogens with one attached hydrogen (secondary N) is 1. The van der Waals surface area contributed by atoms with Crippen LogP contribution in [0.1, 0.15) is 24.0 Å². The molecule has 1 aliphatic carbocycles. The molecule has 2 nitrogen and oxygen atoms in total. The van der Waals surface area contributed by atoms with Gasteiger partial charge in [0.05, 0.1) is 10.2 Å². The highest BCUT2D eigenvalue weighted by Gasteiger charge is 2.13. The van der Waals surface area contributed by atoms with Crippen LogP contribution in [0.4, 0.5) is 10.8 Å². The first-order valence-electron chi connectivity index (χ1n) is 7.13. The molecule has 4 rings (SSSR count). The number of thiazole rings is 1. The maximum Gasteiger partial charge on any atom is 0.188 e. The molecule has 0 saturated heterocycles. The molecule has 1 aliphatic rings. The summed E-state index contributed by atoms with van der Waals surface area (Å²) >= 11 is 1.72. The number of rotatable bonds is 2. The van der Waals surface area contributed by atoms with E-state index in [9.17, 15) is 0 Å². The van der Waals surface area contributed by atoms with E-state index in [0.717, 1.165) is 10.6 Å². The van der Waals surface area contributed by atoms with Gasteiger partial charge >= 0.3 is 0 Å². The number of fused-ring (bicyclic) bond motifs is 2. The molecule has 3 heteroatoms. The van der Waals surface area contributed by atoms with Crippen molar-refractivity contribution in [2.24, 2.45) is 0 Å². The zero-order valence-electron chi connectivity index (χ0n) is 11.2. The van der Waals surface area contributed by atoms with Crippen LogP contribution in [0.3, 0.4) is 0 Å². The lowest BCUT2D eigenvalue weighted by molar-refractivity contribution is 0.687. The van der Waals surface area contributed by atoms with Crippen molar-refractivity contribution in [2.45, 2.75) is 25.7 Å². The summed E-state index contributed by atoms with van der Waals surface area (Å²) in [5.74, 6) is 0. The number of para-hydroxylation sites is 1. The van der Waals surface area contributed by atoms with E-state index in [4.69, 9.17) is 0 Å². The molecule has 0 atom stereocenters. The fourth-order valence-electron chi connectivity index (χ4n) is 2.94. The van der Waals surface area contributed by atoms with Gasteiger partial charge in [-0.1, -0.05) is 35.6 Å². The number of anilines is 2. The van der Waals surface area contributed by atoms with Gasteiger partial charge in [-0.25, -0.2) is 4.98 Å². The highest BCUT2D eigenvalue weighted by molar-refractivity contribution is 7.22. The van der Waals surface area contributed by atoms with Crippen LogP contribution in [-0.2, 0) is 12.8 Å². The average molecular weight is 280 g/mol. The quantitative estimate of drug-likeness (QED) is 0.720. The SMILES string of the molecule is c1cc2c(c(Nc3nc4ccccc4s3)c1)CCCC2. The Kier molecular flexibility index (Phi) is 2.92. The molecule has 0 radical (unpaired) electrons. The Hall–Kier alpha value is -1.87. The molecule has 1 N–H and O–H groups in total. The van der Waals surface area contributed by atoms with Gasteiger partial charge in [0.2, 0.25) is 0 Å². The second-order valence-corrected chi connectivity index (χ2v) is 6.29. The van der Waals surface area contributed by atoms with Crippen LogP contribution < -0.4 is 5.32 Å². The molecule has 0 saturated carbocycles. The van der Waals surface area contributed by atoms with Gasteiger partial charge in [-0.2, -0.15) is 0 Å². The van der Waals surface area contributed by atoms with Crippen molar-refractivity contribution in [1.29, 1.82) is 0 Å². The second kappa shape index (κ2) is 4.91. The van der Waals surface area contributed by atoms with Crippen molar-refractivity contribution in [3.8, 4) is 0 Å². The summed E-state index contributed by atoms with van der Waals surface area (Å²) in [5.41, 5.74) is 5.30. The Morgan fingerprint density at radius 3 is 2.80 bits per heavy atom. The summed E-state index contributed by atoms with van der Waals surface area (Å²) in [7, 11) is 0. The Bertz CT molecular complexity index is 728. The molecule has 3 aromatic rings. The van der Waals surface area contributed by atoms with Gasteiger partial charge in [0.15, 0.2) is 5.13 Å². The smallest absolute Gasteiger partial charge is 0.188 e. The molecule has 1 heterocycles. The molecule has 0 spiro atoms. The Labute approximate surface area is 122 Å². The molecular weight excluding hydrogens is 264 g/mol. The molecule has 0 unspecified atom stereocenters. The van der Waals surface area contributed by atoms with E-state index in [1.807, 2.05) is 6.07 Å². The zero-order chi connectivity index (χ0) is 13.4. The van der Waals surface area contributed by atoms with Gasteiger partial charge < -0.3 is 5.32 Å². The van der Waals surface area contributed by atoms with Gasteiger partial charge in [0.1, 0.15) is 0 Å². The van der Waals surface area contributed by atoms with Crippen LogP contribution >= 0.6 is 11.3 Å². The van der Waals surface area contributed by atoms with E-state index in [-0.39, 0.29) is 0 Å². The van der Waals surface area contributed by atoms with E-state index >= 15 is 0 Å². The predicted molar refractivity (Wildman–Crippen MR) is 86.0 cm³/mol. The van der Waals surface area contributed by atoms with Crippen molar-refractivity contribution < 1.29 is 0 Å². The number of hydrogen-bond acceptors (Lipinski definition) is 3. The minimum absolute atomic E-state index is 0.991. The van der Waals surface area contributed by atoms with Crippen LogP contribution in [0, 0.1) is 0 Å². The Morgan fingerprint density at radius 1 is 0.950 bits per heavy atom. The molecule has 0 fully saturated rings. The third-order valence-corrected chi connectivity index (χ3v) is 4.88. The number of hydrogen-bond donors (Lipinski definition) is 1. The highest BCUT2D eigenvalue weighted by atomic mass is 32.1. The van der Waals surface area contributed by atoms with Crippen LogP contribution in [0.25, 0.3) is 10.2 Å². The van der Waals surface area contributed by atoms with E-state index in [1.54, 1.807) is 11.3 Å². The third kappa shape index (κ3) is 2.08. The van der Waals surface area contributed by atoms with E-state index in [1.165, 1.54) is 47.2 Å². The number of benzene rings is 2. The molecule has 1 aromatic heterocycles. The van der Waals surface area contributed by atoms with Crippen LogP contribution in [-0.4, -0.2) is 4.98 Å². The number of aromatic nitrogens is 1. The predicted octanol–water partition coefficient (Wildman–Crippen LogP) is 4.92. The van der Waals surface area contributed by atoms with Gasteiger partial charge in [0.25, 0.3) is 0 Å². The standard InChI is InChI=1S/C17H16N2S/c1-2-8-13-12(6-1)7-5-10-14(13)18-17-19-15-9-3-4-11-16(15)20-17/h3-5,7,9-11H,1-2,6,8H2,(H,18,19). The molecule has 20 heavy (non-hydrogen) atoms. The lowest BCUT2D eigenvalue weighted by Crippen LogP contribution is -2.05. The molecule has 0 amide bonds. The summed E-state index contributed by atoms with van der Waals surface area (Å²) in [6.45, 7) is 0. The first-order chi connectivity index (χ1) is 9.90. The van der Waals surface area contributed by atoms with E-state index < -0.39 is 0 Å². The third-order valence-electron chi connectivity index (χ3n) is 3.93. The molecule has 0 aliphatic heterocycles. The zero-order valence-corrected chi connectivity index (χ0v) is 12.0. The van der Waals surface area contributed by atoms with Crippen molar-refractivity contribution in [2.75, 3.05) is 5.32 Å². The van der Waals surface area contributed by atoms with Crippen molar-refractivity contribution in [3.63, 3.8) is 0 Å². The Balaban J connectivity index is 1.72. The van der Waals surface area contributed by atoms with Gasteiger partial charge in [-0.05, 0) is 55.0 Å². The first kappa shape index (κ1) is 11.9. The highest BCUT2D eigenvalue weighted by Crippen LogP contribution is 2.32. The van der Waals surface area contributed by atoms with E-state index in [2.05, 4.69) is 46.7 Å². The van der Waals surface area contributed by atoms with Gasteiger partial charge in [-0.15, -0.1) is 0 Å². The van der Waals surface area contributed by atoms with E-state index in [0.29, 0.717) is 0 Å². The summed E-state index contributed by atoms with van der Waals surface area (Å²) in [6.07, 6.45) is 5.01. The van der Waals surface area contributed by atoms with Crippen LogP contribution in [0.2, 0.25) is 0 Å². The molecule has 2 aromatic carbocycles. The minimum Gasteiger partial charge on any atom is -0.331 e. The fourth-order valence-corrected chi connectivity index (χ4v) is 3.82. The molecule has 0 bridgehead atoms. The normalized spacial score (nSPS) is 14.2. The lowest BCUT2D eigenvalue weighted by atomic mass is 9.90. The van der Waals surface area contributed by atoms with Gasteiger partial charge in [0, 0.05) is 5.69 Å². The number of aryl methyl sites for hydroxylation is 1. The number of nitrogens with zero attached hydrogens (tertiary/aromatic N) is 1. The maximum atomic E-state index is 4.66. The fraction of sp³-hybridized carbons (Fsp3) is 0.235. The van der Waals surface area contributed by atoms with Crippen molar-refractivity contribution in [1.82, 2.24) is 4.98 Å². The molecular formula is C17H16N2S. The van der Waals surface area contributed by atoms with Crippen molar-refractivity contribution in [3.05, 3.63) is 53.6 Å². The first-order valence-corrected chi connectivity index (χ1v) is 7.95. The van der Waals surface area contributed by atoms with Crippen molar-refractivity contribution >= 4 is 32.4 Å². The van der Waals surface area contributed by atoms with Crippen LogP contribution in [0.15, 0.2) is 42.5 Å². The second-order valence-electron chi connectivity index (χ2n) is 5.26. The van der Waals surface area contributed by atoms with Gasteiger partial charge in [-0.3, -0.25) is 0 Å². The maximum absolute atomic E-state index is 4.66. The molecule has 100 valence electrons. The monoisotopic (exact) mass is 280 g/mol. The topological polar surface area (TPSA) is 24.9 Å². The largest absolute Gasteiger partial charge is 0.331 e. The lowest BCUT2D eigenvalue weighted by Gasteiger charge is -2.19.